The van der Waals surface area contributed by atoms with Crippen molar-refractivity contribution in [3.63, 3.8) is 0 Å². The van der Waals surface area contributed by atoms with E-state index in [1.54, 1.807) is 19.9 Å². The molecule has 0 radical (unpaired) electrons. The minimum atomic E-state index is -4.88. The van der Waals surface area contributed by atoms with Gasteiger partial charge in [0.2, 0.25) is 0 Å². The van der Waals surface area contributed by atoms with E-state index in [9.17, 15) is 38.9 Å². The Labute approximate surface area is 296 Å². The Hall–Kier alpha value is 0.560. The molecule has 16 heteroatoms. The molecule has 0 amide bonds. The molecule has 0 saturated heterocycles. The maximum Gasteiger partial charge on any atom is 1.00 e. The first-order valence-electron chi connectivity index (χ1n) is 10.3. The summed E-state index contributed by atoms with van der Waals surface area (Å²) in [6.07, 6.45) is 1.94. The van der Waals surface area contributed by atoms with Crippen molar-refractivity contribution in [1.82, 2.24) is 0 Å². The molecule has 0 saturated carbocycles. The predicted molar refractivity (Wildman–Crippen MR) is 133 cm³/mol. The molecular weight excluding hydrogens is 616 g/mol. The topological polar surface area (TPSA) is 172 Å². The van der Waals surface area contributed by atoms with Crippen LogP contribution >= 0.6 is 7.26 Å². The molecule has 192 valence electrons. The molecule has 3 aromatic rings. The molecule has 0 N–H and O–H groups in total. The van der Waals surface area contributed by atoms with E-state index in [0.29, 0.717) is 15.9 Å². The Morgan fingerprint density at radius 3 is 1.13 bits per heavy atom. The molecule has 0 fully saturated rings. The molecule has 0 bridgehead atoms. The molecule has 0 aromatic heterocycles. The normalized spacial score (nSPS) is 11.8. The number of allylic oxidation sites excluding steroid dienone is 2. The SMILES string of the molecule is CC(C)=CC[P+](c1cccc(S(=O)(=O)[O-])c1)(c1cccc(S(=O)(=O)[O-])c1)c1cccc(S(=O)(=O)[O-])c1.[Na+].[Na+].[Na+]. The number of hydrogen-bond acceptors (Lipinski definition) is 9. The van der Waals surface area contributed by atoms with Crippen LogP contribution in [0.25, 0.3) is 0 Å². The molecule has 9 nitrogen and oxygen atoms in total. The summed E-state index contributed by atoms with van der Waals surface area (Å²) in [5, 5.41) is 0.911. The maximum absolute atomic E-state index is 11.8. The van der Waals surface area contributed by atoms with Crippen LogP contribution < -0.4 is 105 Å². The first-order chi connectivity index (χ1) is 16.5. The fourth-order valence-electron chi connectivity index (χ4n) is 3.71. The van der Waals surface area contributed by atoms with E-state index >= 15 is 0 Å². The minimum Gasteiger partial charge on any atom is -0.744 e. The Bertz CT molecular complexity index is 1490. The molecule has 0 aliphatic carbocycles. The maximum atomic E-state index is 11.8. The Balaban J connectivity index is 0.00000481. The quantitative estimate of drug-likeness (QED) is 0.101. The first-order valence-corrected chi connectivity index (χ1v) is 16.5. The fourth-order valence-corrected chi connectivity index (χ4v) is 9.79. The van der Waals surface area contributed by atoms with Gasteiger partial charge in [-0.3, -0.25) is 0 Å². The molecule has 3 aromatic carbocycles. The Morgan fingerprint density at radius 1 is 0.615 bits per heavy atom. The third-order valence-electron chi connectivity index (χ3n) is 5.41. The van der Waals surface area contributed by atoms with Crippen LogP contribution in [0.3, 0.4) is 0 Å². The Morgan fingerprint density at radius 2 is 0.897 bits per heavy atom. The molecule has 0 aliphatic rings. The second-order valence-electron chi connectivity index (χ2n) is 8.13. The standard InChI is InChI=1S/C23H23O9PS3.3Na/c1-17(2)12-13-33(18-6-3-9-21(14-18)34(24,25)26,19-7-4-10-22(15-19)35(27,28)29)20-8-5-11-23(16-20)36(30,31)32;;;/h3-12,14-16H,13H2,1-2H3,(H2-,24,25,26,27,28,29,30,31,32);;;/q;3*+1/p-2. The zero-order valence-electron chi connectivity index (χ0n) is 22.1. The zero-order valence-corrected chi connectivity index (χ0v) is 31.4. The van der Waals surface area contributed by atoms with Crippen molar-refractivity contribution in [3.8, 4) is 0 Å². The zero-order chi connectivity index (χ0) is 26.9. The van der Waals surface area contributed by atoms with Gasteiger partial charge in [-0.2, -0.15) is 0 Å². The summed E-state index contributed by atoms with van der Waals surface area (Å²) >= 11 is 0. The van der Waals surface area contributed by atoms with Crippen molar-refractivity contribution in [1.29, 1.82) is 0 Å². The van der Waals surface area contributed by atoms with Crippen LogP contribution in [0.4, 0.5) is 0 Å². The van der Waals surface area contributed by atoms with Crippen LogP contribution in [0.15, 0.2) is 99.1 Å². The van der Waals surface area contributed by atoms with Gasteiger partial charge < -0.3 is 13.7 Å². The number of benzene rings is 3. The molecule has 39 heavy (non-hydrogen) atoms. The van der Waals surface area contributed by atoms with Gasteiger partial charge in [-0.25, -0.2) is 25.3 Å². The van der Waals surface area contributed by atoms with Crippen LogP contribution in [-0.4, -0.2) is 45.1 Å². The van der Waals surface area contributed by atoms with Gasteiger partial charge in [0.1, 0.15) is 53.5 Å². The smallest absolute Gasteiger partial charge is 0.744 e. The van der Waals surface area contributed by atoms with Crippen molar-refractivity contribution in [3.05, 3.63) is 84.4 Å². The van der Waals surface area contributed by atoms with Crippen LogP contribution in [0.1, 0.15) is 13.8 Å². The van der Waals surface area contributed by atoms with Crippen LogP contribution in [-0.2, 0) is 30.4 Å². The summed E-state index contributed by atoms with van der Waals surface area (Å²) in [5.74, 6) is 0. The summed E-state index contributed by atoms with van der Waals surface area (Å²) in [6, 6.07) is 15.5. The van der Waals surface area contributed by atoms with Crippen LogP contribution in [0.2, 0.25) is 0 Å². The van der Waals surface area contributed by atoms with E-state index in [1.165, 1.54) is 36.4 Å². The fraction of sp³-hybridized carbons (Fsp3) is 0.130. The molecule has 0 heterocycles. The van der Waals surface area contributed by atoms with Gasteiger partial charge in [-0.15, -0.1) is 0 Å². The van der Waals surface area contributed by atoms with Gasteiger partial charge in [0.05, 0.1) is 20.8 Å². The third kappa shape index (κ3) is 9.79. The van der Waals surface area contributed by atoms with Gasteiger partial charge >= 0.3 is 88.7 Å². The number of hydrogen-bond donors (Lipinski definition) is 0. The summed E-state index contributed by atoms with van der Waals surface area (Å²) in [7, 11) is -17.8. The predicted octanol–water partition coefficient (Wildman–Crippen LogP) is -7.33. The molecule has 0 spiro atoms. The van der Waals surface area contributed by atoms with Crippen molar-refractivity contribution < 1.29 is 128 Å². The molecule has 3 rings (SSSR count). The van der Waals surface area contributed by atoms with E-state index < -0.39 is 52.3 Å². The van der Waals surface area contributed by atoms with Crippen molar-refractivity contribution >= 4 is 53.5 Å². The monoisotopic (exact) mass is 637 g/mol. The second kappa shape index (κ2) is 15.3. The largest absolute Gasteiger partial charge is 1.00 e. The van der Waals surface area contributed by atoms with Crippen LogP contribution in [0, 0.1) is 0 Å². The van der Waals surface area contributed by atoms with Gasteiger partial charge in [0.25, 0.3) is 0 Å². The average molecular weight is 638 g/mol. The van der Waals surface area contributed by atoms with Gasteiger partial charge in [-0.1, -0.05) is 23.8 Å². The molecular formula is C23H21Na3O9PS3+. The Kier molecular flexibility index (Phi) is 15.6. The molecule has 0 aliphatic heterocycles. The van der Waals surface area contributed by atoms with E-state index in [1.807, 2.05) is 0 Å². The summed E-state index contributed by atoms with van der Waals surface area (Å²) in [4.78, 5) is -1.62. The number of rotatable bonds is 8. The van der Waals surface area contributed by atoms with Crippen LogP contribution in [0.5, 0.6) is 0 Å². The summed E-state index contributed by atoms with van der Waals surface area (Å²) < 4.78 is 106. The summed E-state index contributed by atoms with van der Waals surface area (Å²) in [6.45, 7) is 3.59. The van der Waals surface area contributed by atoms with Gasteiger partial charge in [0.15, 0.2) is 0 Å². The average Bonchev–Trinajstić information content (AvgIpc) is 2.78. The van der Waals surface area contributed by atoms with E-state index in [2.05, 4.69) is 0 Å². The van der Waals surface area contributed by atoms with Crippen molar-refractivity contribution in [2.45, 2.75) is 28.5 Å². The van der Waals surface area contributed by atoms with Crippen molar-refractivity contribution in [2.24, 2.45) is 0 Å². The first kappa shape index (κ1) is 39.6. The second-order valence-corrected chi connectivity index (χ2v) is 15.8. The molecule has 0 unspecified atom stereocenters. The third-order valence-corrected chi connectivity index (χ3v) is 12.1. The molecule has 0 atom stereocenters. The van der Waals surface area contributed by atoms with E-state index in [0.717, 1.165) is 42.0 Å². The summed E-state index contributed by atoms with van der Waals surface area (Å²) in [5.41, 5.74) is 0.840. The van der Waals surface area contributed by atoms with Crippen molar-refractivity contribution in [2.75, 3.05) is 6.16 Å². The van der Waals surface area contributed by atoms with Gasteiger partial charge in [0, 0.05) is 0 Å². The van der Waals surface area contributed by atoms with Gasteiger partial charge in [-0.05, 0) is 74.5 Å². The van der Waals surface area contributed by atoms with E-state index in [4.69, 9.17) is 0 Å². The minimum absolute atomic E-state index is 0. The van der Waals surface area contributed by atoms with E-state index in [-0.39, 0.29) is 94.8 Å².